The molecule has 0 bridgehead atoms. The van der Waals surface area contributed by atoms with E-state index >= 15 is 0 Å². The molecule has 0 aliphatic heterocycles. The second kappa shape index (κ2) is 5.30. The van der Waals surface area contributed by atoms with E-state index in [0.29, 0.717) is 24.1 Å². The van der Waals surface area contributed by atoms with Gasteiger partial charge in [0.1, 0.15) is 0 Å². The van der Waals surface area contributed by atoms with Crippen molar-refractivity contribution >= 4 is 17.6 Å². The third-order valence-corrected chi connectivity index (χ3v) is 3.58. The van der Waals surface area contributed by atoms with Crippen molar-refractivity contribution in [1.29, 1.82) is 0 Å². The van der Waals surface area contributed by atoms with Crippen LogP contribution in [0.3, 0.4) is 0 Å². The van der Waals surface area contributed by atoms with Crippen molar-refractivity contribution in [3.05, 3.63) is 29.8 Å². The van der Waals surface area contributed by atoms with Crippen molar-refractivity contribution in [2.24, 2.45) is 0 Å². The first-order valence-corrected chi connectivity index (χ1v) is 6.41. The third-order valence-electron chi connectivity index (χ3n) is 3.58. The molecule has 1 aliphatic carbocycles. The molecule has 0 radical (unpaired) electrons. The topological polar surface area (TPSA) is 92.4 Å². The van der Waals surface area contributed by atoms with Gasteiger partial charge in [-0.2, -0.15) is 0 Å². The minimum Gasteiger partial charge on any atom is -0.481 e. The Kier molecular flexibility index (Phi) is 3.74. The van der Waals surface area contributed by atoms with Crippen LogP contribution in [-0.4, -0.2) is 22.5 Å². The molecule has 102 valence electrons. The molecule has 4 N–H and O–H groups in total. The number of hydrogen-bond donors (Lipinski definition) is 3. The van der Waals surface area contributed by atoms with Gasteiger partial charge in [0.2, 0.25) is 0 Å². The molecule has 5 nitrogen and oxygen atoms in total. The zero-order valence-corrected chi connectivity index (χ0v) is 10.7. The minimum atomic E-state index is -0.880. The highest BCUT2D eigenvalue weighted by Crippen LogP contribution is 2.33. The van der Waals surface area contributed by atoms with E-state index in [2.05, 4.69) is 5.32 Å². The van der Waals surface area contributed by atoms with Crippen LogP contribution < -0.4 is 11.1 Å². The molecule has 2 rings (SSSR count). The zero-order chi connectivity index (χ0) is 13.9. The van der Waals surface area contributed by atoms with E-state index in [9.17, 15) is 9.59 Å². The number of anilines is 1. The number of carbonyl (C=O) groups excluding carboxylic acids is 1. The Morgan fingerprint density at radius 2 is 2.00 bits per heavy atom. The lowest BCUT2D eigenvalue weighted by molar-refractivity contribution is -0.138. The number of carboxylic acids is 1. The largest absolute Gasteiger partial charge is 0.481 e. The Morgan fingerprint density at radius 3 is 2.58 bits per heavy atom. The fourth-order valence-corrected chi connectivity index (χ4v) is 2.68. The summed E-state index contributed by atoms with van der Waals surface area (Å²) in [4.78, 5) is 23.1. The van der Waals surface area contributed by atoms with Crippen LogP contribution in [0.4, 0.5) is 5.69 Å². The number of rotatable bonds is 4. The predicted octanol–water partition coefficient (Wildman–Crippen LogP) is 1.79. The normalized spacial score (nSPS) is 17.1. The molecule has 0 atom stereocenters. The fraction of sp³-hybridized carbons (Fsp3) is 0.429. The van der Waals surface area contributed by atoms with Crippen LogP contribution in [-0.2, 0) is 4.79 Å². The zero-order valence-electron chi connectivity index (χ0n) is 10.7. The van der Waals surface area contributed by atoms with Crippen LogP contribution >= 0.6 is 0 Å². The number of aliphatic carboxylic acids is 1. The molecule has 1 aliphatic rings. The summed E-state index contributed by atoms with van der Waals surface area (Å²) >= 11 is 0. The summed E-state index contributed by atoms with van der Waals surface area (Å²) in [6.45, 7) is 0. The van der Waals surface area contributed by atoms with Crippen molar-refractivity contribution in [2.45, 2.75) is 37.6 Å². The van der Waals surface area contributed by atoms with Gasteiger partial charge in [0.05, 0.1) is 12.0 Å². The van der Waals surface area contributed by atoms with E-state index in [1.54, 1.807) is 24.3 Å². The highest BCUT2D eigenvalue weighted by molar-refractivity contribution is 5.95. The van der Waals surface area contributed by atoms with Crippen LogP contribution in [0.15, 0.2) is 24.3 Å². The molecule has 0 spiro atoms. The fourth-order valence-electron chi connectivity index (χ4n) is 2.68. The SMILES string of the molecule is Nc1cccc(C(=O)NC2(CC(=O)O)CCCC2)c1. The van der Waals surface area contributed by atoms with E-state index in [1.165, 1.54) is 0 Å². The van der Waals surface area contributed by atoms with E-state index in [1.807, 2.05) is 0 Å². The van der Waals surface area contributed by atoms with Gasteiger partial charge in [-0.25, -0.2) is 0 Å². The summed E-state index contributed by atoms with van der Waals surface area (Å²) in [7, 11) is 0. The van der Waals surface area contributed by atoms with Crippen molar-refractivity contribution in [1.82, 2.24) is 5.32 Å². The third kappa shape index (κ3) is 3.24. The van der Waals surface area contributed by atoms with Crippen LogP contribution in [0, 0.1) is 0 Å². The minimum absolute atomic E-state index is 0.0267. The maximum atomic E-state index is 12.2. The molecule has 1 fully saturated rings. The number of benzene rings is 1. The number of nitrogens with one attached hydrogen (secondary N) is 1. The highest BCUT2D eigenvalue weighted by atomic mass is 16.4. The Morgan fingerprint density at radius 1 is 1.32 bits per heavy atom. The average Bonchev–Trinajstić information content (AvgIpc) is 2.76. The molecule has 0 aromatic heterocycles. The summed E-state index contributed by atoms with van der Waals surface area (Å²) in [6.07, 6.45) is 3.30. The molecule has 0 heterocycles. The van der Waals surface area contributed by atoms with Crippen molar-refractivity contribution in [3.8, 4) is 0 Å². The Hall–Kier alpha value is -2.04. The molecule has 19 heavy (non-hydrogen) atoms. The van der Waals surface area contributed by atoms with Crippen LogP contribution in [0.2, 0.25) is 0 Å². The standard InChI is InChI=1S/C14H18N2O3/c15-11-5-3-4-10(8-11)13(19)16-14(9-12(17)18)6-1-2-7-14/h3-5,8H,1-2,6-7,9,15H2,(H,16,19)(H,17,18). The first kappa shape index (κ1) is 13.4. The number of nitrogens with two attached hydrogens (primary N) is 1. The summed E-state index contributed by atoms with van der Waals surface area (Å²) in [5.74, 6) is -1.13. The molecule has 1 saturated carbocycles. The van der Waals surface area contributed by atoms with E-state index in [4.69, 9.17) is 10.8 Å². The van der Waals surface area contributed by atoms with Crippen molar-refractivity contribution in [2.75, 3.05) is 5.73 Å². The van der Waals surface area contributed by atoms with Gasteiger partial charge in [0, 0.05) is 11.3 Å². The molecule has 1 aromatic carbocycles. The monoisotopic (exact) mass is 262 g/mol. The summed E-state index contributed by atoms with van der Waals surface area (Å²) in [5.41, 5.74) is 6.03. The summed E-state index contributed by atoms with van der Waals surface area (Å²) < 4.78 is 0. The van der Waals surface area contributed by atoms with Crippen LogP contribution in [0.5, 0.6) is 0 Å². The van der Waals surface area contributed by atoms with Crippen LogP contribution in [0.25, 0.3) is 0 Å². The Bertz CT molecular complexity index is 493. The number of nitrogen functional groups attached to an aromatic ring is 1. The van der Waals surface area contributed by atoms with Crippen molar-refractivity contribution in [3.63, 3.8) is 0 Å². The highest BCUT2D eigenvalue weighted by Gasteiger charge is 2.37. The number of carboxylic acid groups (broad SMARTS) is 1. The number of hydrogen-bond acceptors (Lipinski definition) is 3. The quantitative estimate of drug-likeness (QED) is 0.721. The van der Waals surface area contributed by atoms with Gasteiger partial charge in [-0.1, -0.05) is 18.9 Å². The first-order chi connectivity index (χ1) is 9.01. The molecule has 0 unspecified atom stereocenters. The first-order valence-electron chi connectivity index (χ1n) is 6.41. The summed E-state index contributed by atoms with van der Waals surface area (Å²) in [6, 6.07) is 6.69. The van der Waals surface area contributed by atoms with Gasteiger partial charge in [-0.3, -0.25) is 9.59 Å². The van der Waals surface area contributed by atoms with Gasteiger partial charge in [-0.05, 0) is 31.0 Å². The molecule has 1 aromatic rings. The van der Waals surface area contributed by atoms with E-state index in [0.717, 1.165) is 12.8 Å². The van der Waals surface area contributed by atoms with Gasteiger partial charge in [0.25, 0.3) is 5.91 Å². The smallest absolute Gasteiger partial charge is 0.305 e. The average molecular weight is 262 g/mol. The lowest BCUT2D eigenvalue weighted by Gasteiger charge is -2.28. The van der Waals surface area contributed by atoms with Crippen LogP contribution in [0.1, 0.15) is 42.5 Å². The van der Waals surface area contributed by atoms with Gasteiger partial charge < -0.3 is 16.2 Å². The second-order valence-corrected chi connectivity index (χ2v) is 5.14. The van der Waals surface area contributed by atoms with Crippen molar-refractivity contribution < 1.29 is 14.7 Å². The Balaban J connectivity index is 2.13. The predicted molar refractivity (Wildman–Crippen MR) is 71.8 cm³/mol. The molecular formula is C14H18N2O3. The summed E-state index contributed by atoms with van der Waals surface area (Å²) in [5, 5.41) is 11.9. The molecule has 5 heteroatoms. The van der Waals surface area contributed by atoms with Gasteiger partial charge in [-0.15, -0.1) is 0 Å². The molecule has 1 amide bonds. The number of carbonyl (C=O) groups is 2. The lowest BCUT2D eigenvalue weighted by atomic mass is 9.92. The van der Waals surface area contributed by atoms with Gasteiger partial charge in [0.15, 0.2) is 0 Å². The Labute approximate surface area is 111 Å². The number of amides is 1. The molecular weight excluding hydrogens is 244 g/mol. The maximum Gasteiger partial charge on any atom is 0.305 e. The van der Waals surface area contributed by atoms with E-state index in [-0.39, 0.29) is 12.3 Å². The second-order valence-electron chi connectivity index (χ2n) is 5.14. The van der Waals surface area contributed by atoms with E-state index < -0.39 is 11.5 Å². The van der Waals surface area contributed by atoms with Gasteiger partial charge >= 0.3 is 5.97 Å². The maximum absolute atomic E-state index is 12.2. The molecule has 0 saturated heterocycles. The lowest BCUT2D eigenvalue weighted by Crippen LogP contribution is -2.47.